The van der Waals surface area contributed by atoms with E-state index < -0.39 is 16.5 Å². The van der Waals surface area contributed by atoms with Gasteiger partial charge in [-0.25, -0.2) is 4.79 Å². The third-order valence-electron chi connectivity index (χ3n) is 2.23. The summed E-state index contributed by atoms with van der Waals surface area (Å²) in [5.41, 5.74) is -0.226. The van der Waals surface area contributed by atoms with Crippen molar-refractivity contribution >= 4 is 17.7 Å². The minimum atomic E-state index is -0.589. The summed E-state index contributed by atoms with van der Waals surface area (Å²) in [6, 6.07) is 4.15. The molecule has 6 nitrogen and oxygen atoms in total. The number of benzene rings is 1. The van der Waals surface area contributed by atoms with Crippen molar-refractivity contribution in [1.82, 2.24) is 0 Å². The van der Waals surface area contributed by atoms with Crippen molar-refractivity contribution in [2.45, 2.75) is 26.4 Å². The van der Waals surface area contributed by atoms with Crippen LogP contribution in [0.2, 0.25) is 0 Å². The number of hydrogen-bond donors (Lipinski definition) is 0. The zero-order valence-electron chi connectivity index (χ0n) is 11.9. The fourth-order valence-corrected chi connectivity index (χ4v) is 1.46. The summed E-state index contributed by atoms with van der Waals surface area (Å²) in [6.45, 7) is 5.27. The van der Waals surface area contributed by atoms with Crippen LogP contribution in [-0.4, -0.2) is 23.6 Å². The number of non-ortho nitro benzene ring substituents is 1. The molecule has 20 heavy (non-hydrogen) atoms. The molecule has 0 spiro atoms. The molecule has 0 saturated carbocycles. The van der Waals surface area contributed by atoms with E-state index in [0.717, 1.165) is 0 Å². The van der Waals surface area contributed by atoms with Gasteiger partial charge < -0.3 is 9.47 Å². The Morgan fingerprint density at radius 3 is 2.50 bits per heavy atom. The van der Waals surface area contributed by atoms with Crippen molar-refractivity contribution in [1.29, 1.82) is 0 Å². The lowest BCUT2D eigenvalue weighted by molar-refractivity contribution is -0.384. The highest BCUT2D eigenvalue weighted by Crippen LogP contribution is 2.25. The van der Waals surface area contributed by atoms with Crippen LogP contribution < -0.4 is 4.74 Å². The van der Waals surface area contributed by atoms with Gasteiger partial charge >= 0.3 is 5.97 Å². The van der Waals surface area contributed by atoms with Crippen LogP contribution >= 0.6 is 0 Å². The first-order valence-electron chi connectivity index (χ1n) is 5.96. The van der Waals surface area contributed by atoms with Gasteiger partial charge in [0.1, 0.15) is 11.4 Å². The number of ether oxygens (including phenoxy) is 2. The number of nitro groups is 1. The normalized spacial score (nSPS) is 11.4. The fraction of sp³-hybridized carbons (Fsp3) is 0.357. The van der Waals surface area contributed by atoms with Crippen LogP contribution in [0.5, 0.6) is 5.75 Å². The van der Waals surface area contributed by atoms with E-state index in [1.807, 2.05) is 0 Å². The average molecular weight is 279 g/mol. The molecule has 0 aromatic heterocycles. The number of carbonyl (C=O) groups is 1. The summed E-state index contributed by atoms with van der Waals surface area (Å²) in [5, 5.41) is 10.7. The molecule has 0 aliphatic rings. The lowest BCUT2D eigenvalue weighted by Crippen LogP contribution is -2.22. The summed E-state index contributed by atoms with van der Waals surface area (Å²) in [7, 11) is 1.45. The van der Waals surface area contributed by atoms with Gasteiger partial charge in [-0.05, 0) is 32.9 Å². The second-order valence-corrected chi connectivity index (χ2v) is 5.05. The maximum Gasteiger partial charge on any atom is 0.331 e. The minimum absolute atomic E-state index is 0.0744. The molecule has 0 heterocycles. The van der Waals surface area contributed by atoms with E-state index in [1.54, 1.807) is 20.8 Å². The molecule has 0 atom stereocenters. The highest BCUT2D eigenvalue weighted by Gasteiger charge is 2.14. The standard InChI is InChI=1S/C14H17NO5/c1-14(2,3)20-13(16)8-5-10-9-11(15(17)18)6-7-12(10)19-4/h5-9H,1-4H3/b8-5+. The molecule has 1 aromatic carbocycles. The van der Waals surface area contributed by atoms with E-state index in [4.69, 9.17) is 9.47 Å². The minimum Gasteiger partial charge on any atom is -0.496 e. The van der Waals surface area contributed by atoms with Gasteiger partial charge in [0.25, 0.3) is 5.69 Å². The smallest absolute Gasteiger partial charge is 0.331 e. The Morgan fingerprint density at radius 1 is 1.35 bits per heavy atom. The van der Waals surface area contributed by atoms with Gasteiger partial charge in [0, 0.05) is 23.8 Å². The molecule has 0 saturated heterocycles. The number of hydrogen-bond acceptors (Lipinski definition) is 5. The van der Waals surface area contributed by atoms with Crippen molar-refractivity contribution in [3.8, 4) is 5.75 Å². The molecule has 0 radical (unpaired) electrons. The van der Waals surface area contributed by atoms with Crippen LogP contribution in [0.15, 0.2) is 24.3 Å². The third-order valence-corrected chi connectivity index (χ3v) is 2.23. The number of esters is 1. The van der Waals surface area contributed by atoms with Gasteiger partial charge in [0.2, 0.25) is 0 Å². The van der Waals surface area contributed by atoms with Crippen LogP contribution in [0.25, 0.3) is 6.08 Å². The van der Waals surface area contributed by atoms with E-state index in [1.165, 1.54) is 37.5 Å². The van der Waals surface area contributed by atoms with Crippen LogP contribution in [0.4, 0.5) is 5.69 Å². The molecule has 0 N–H and O–H groups in total. The van der Waals surface area contributed by atoms with Crippen LogP contribution in [-0.2, 0) is 9.53 Å². The number of methoxy groups -OCH3 is 1. The monoisotopic (exact) mass is 279 g/mol. The Balaban J connectivity index is 2.98. The quantitative estimate of drug-likeness (QED) is 0.366. The number of nitrogens with zero attached hydrogens (tertiary/aromatic N) is 1. The summed E-state index contributed by atoms with van der Waals surface area (Å²) >= 11 is 0. The van der Waals surface area contributed by atoms with Gasteiger partial charge in [-0.2, -0.15) is 0 Å². The SMILES string of the molecule is COc1ccc([N+](=O)[O-])cc1/C=C/C(=O)OC(C)(C)C. The van der Waals surface area contributed by atoms with Gasteiger partial charge in [0.15, 0.2) is 0 Å². The maximum atomic E-state index is 11.6. The van der Waals surface area contributed by atoms with Crippen molar-refractivity contribution in [2.24, 2.45) is 0 Å². The third kappa shape index (κ3) is 4.72. The van der Waals surface area contributed by atoms with Gasteiger partial charge in [-0.3, -0.25) is 10.1 Å². The molecular weight excluding hydrogens is 262 g/mol. The molecule has 1 aromatic rings. The molecule has 0 bridgehead atoms. The molecule has 0 amide bonds. The van der Waals surface area contributed by atoms with E-state index >= 15 is 0 Å². The largest absolute Gasteiger partial charge is 0.496 e. The summed E-state index contributed by atoms with van der Waals surface area (Å²) in [4.78, 5) is 21.8. The Morgan fingerprint density at radius 2 is 2.00 bits per heavy atom. The Labute approximate surface area is 117 Å². The average Bonchev–Trinajstić information content (AvgIpc) is 2.33. The van der Waals surface area contributed by atoms with Crippen LogP contribution in [0.3, 0.4) is 0 Å². The van der Waals surface area contributed by atoms with E-state index in [2.05, 4.69) is 0 Å². The molecule has 0 aliphatic heterocycles. The molecule has 0 unspecified atom stereocenters. The van der Waals surface area contributed by atoms with E-state index in [9.17, 15) is 14.9 Å². The van der Waals surface area contributed by atoms with Crippen molar-refractivity contribution in [2.75, 3.05) is 7.11 Å². The lowest BCUT2D eigenvalue weighted by Gasteiger charge is -2.17. The summed E-state index contributed by atoms with van der Waals surface area (Å²) < 4.78 is 10.2. The number of carbonyl (C=O) groups excluding carboxylic acids is 1. The first-order chi connectivity index (χ1) is 9.23. The number of nitro benzene ring substituents is 1. The maximum absolute atomic E-state index is 11.6. The van der Waals surface area contributed by atoms with Gasteiger partial charge in [0.05, 0.1) is 12.0 Å². The molecule has 0 fully saturated rings. The second kappa shape index (κ2) is 6.18. The van der Waals surface area contributed by atoms with Crippen molar-refractivity contribution in [3.05, 3.63) is 40.0 Å². The highest BCUT2D eigenvalue weighted by atomic mass is 16.6. The zero-order chi connectivity index (χ0) is 15.3. The Kier molecular flexibility index (Phi) is 4.85. The topological polar surface area (TPSA) is 78.7 Å². The summed E-state index contributed by atoms with van der Waals surface area (Å²) in [5.74, 6) is -0.0820. The van der Waals surface area contributed by atoms with E-state index in [0.29, 0.717) is 11.3 Å². The number of rotatable bonds is 4. The van der Waals surface area contributed by atoms with E-state index in [-0.39, 0.29) is 5.69 Å². The first kappa shape index (κ1) is 15.7. The lowest BCUT2D eigenvalue weighted by atomic mass is 10.1. The highest BCUT2D eigenvalue weighted by molar-refractivity contribution is 5.88. The molecule has 0 aliphatic carbocycles. The molecule has 6 heteroatoms. The molecule has 108 valence electrons. The van der Waals surface area contributed by atoms with Crippen molar-refractivity contribution in [3.63, 3.8) is 0 Å². The predicted molar refractivity (Wildman–Crippen MR) is 74.5 cm³/mol. The predicted octanol–water partition coefficient (Wildman–Crippen LogP) is 2.96. The van der Waals surface area contributed by atoms with Crippen LogP contribution in [0, 0.1) is 10.1 Å². The Hall–Kier alpha value is -2.37. The first-order valence-corrected chi connectivity index (χ1v) is 5.96. The zero-order valence-corrected chi connectivity index (χ0v) is 11.9. The Bertz CT molecular complexity index is 543. The van der Waals surface area contributed by atoms with Crippen LogP contribution in [0.1, 0.15) is 26.3 Å². The van der Waals surface area contributed by atoms with Gasteiger partial charge in [-0.1, -0.05) is 0 Å². The fourth-order valence-electron chi connectivity index (χ4n) is 1.46. The van der Waals surface area contributed by atoms with Crippen molar-refractivity contribution < 1.29 is 19.2 Å². The molecular formula is C14H17NO5. The second-order valence-electron chi connectivity index (χ2n) is 5.05. The molecule has 1 rings (SSSR count). The van der Waals surface area contributed by atoms with Gasteiger partial charge in [-0.15, -0.1) is 0 Å². The summed E-state index contributed by atoms with van der Waals surface area (Å²) in [6.07, 6.45) is 2.65.